The average molecular weight is 289 g/mol. The van der Waals surface area contributed by atoms with Crippen molar-refractivity contribution >= 4 is 0 Å². The van der Waals surface area contributed by atoms with Crippen molar-refractivity contribution in [2.24, 2.45) is 11.8 Å². The third kappa shape index (κ3) is 3.70. The van der Waals surface area contributed by atoms with Gasteiger partial charge in [-0.25, -0.2) is 0 Å². The highest BCUT2D eigenvalue weighted by molar-refractivity contribution is 5.44. The molecule has 0 aromatic heterocycles. The van der Waals surface area contributed by atoms with E-state index in [2.05, 4.69) is 31.3 Å². The van der Waals surface area contributed by atoms with E-state index in [4.69, 9.17) is 9.47 Å². The first-order valence-corrected chi connectivity index (χ1v) is 8.35. The van der Waals surface area contributed by atoms with Gasteiger partial charge >= 0.3 is 0 Å². The van der Waals surface area contributed by atoms with Crippen LogP contribution in [0.1, 0.15) is 51.1 Å². The van der Waals surface area contributed by atoms with Crippen LogP contribution in [0.2, 0.25) is 0 Å². The van der Waals surface area contributed by atoms with Gasteiger partial charge in [0, 0.05) is 12.5 Å². The number of fused-ring (bicyclic) bond motifs is 1. The zero-order chi connectivity index (χ0) is 14.7. The summed E-state index contributed by atoms with van der Waals surface area (Å²) in [4.78, 5) is 0. The summed E-state index contributed by atoms with van der Waals surface area (Å²) < 4.78 is 11.5. The molecule has 21 heavy (non-hydrogen) atoms. The van der Waals surface area contributed by atoms with Crippen molar-refractivity contribution in [3.05, 3.63) is 23.8 Å². The van der Waals surface area contributed by atoms with Crippen molar-refractivity contribution in [2.45, 2.75) is 45.6 Å². The average Bonchev–Trinajstić information content (AvgIpc) is 2.77. The topological polar surface area (TPSA) is 30.5 Å². The lowest BCUT2D eigenvalue weighted by Gasteiger charge is -2.19. The van der Waals surface area contributed by atoms with Gasteiger partial charge in [0.25, 0.3) is 0 Å². The van der Waals surface area contributed by atoms with E-state index in [0.29, 0.717) is 6.04 Å². The third-order valence-corrected chi connectivity index (χ3v) is 4.79. The highest BCUT2D eigenvalue weighted by Gasteiger charge is 2.21. The molecule has 3 unspecified atom stereocenters. The lowest BCUT2D eigenvalue weighted by molar-refractivity contribution is 0.297. The normalized spacial score (nSPS) is 26.4. The summed E-state index contributed by atoms with van der Waals surface area (Å²) in [7, 11) is 0. The van der Waals surface area contributed by atoms with Crippen LogP contribution in [0.4, 0.5) is 0 Å². The maximum atomic E-state index is 5.78. The molecule has 0 bridgehead atoms. The fraction of sp³-hybridized carbons (Fsp3) is 0.667. The first-order valence-electron chi connectivity index (χ1n) is 8.35. The van der Waals surface area contributed by atoms with Gasteiger partial charge in [-0.3, -0.25) is 0 Å². The minimum Gasteiger partial charge on any atom is -0.490 e. The third-order valence-electron chi connectivity index (χ3n) is 4.79. The highest BCUT2D eigenvalue weighted by Crippen LogP contribution is 2.33. The monoisotopic (exact) mass is 289 g/mol. The lowest BCUT2D eigenvalue weighted by Crippen LogP contribution is -2.24. The van der Waals surface area contributed by atoms with Crippen LogP contribution < -0.4 is 14.8 Å². The van der Waals surface area contributed by atoms with E-state index in [-0.39, 0.29) is 0 Å². The van der Waals surface area contributed by atoms with Crippen LogP contribution in [0.5, 0.6) is 11.5 Å². The van der Waals surface area contributed by atoms with Crippen molar-refractivity contribution in [2.75, 3.05) is 19.8 Å². The first-order chi connectivity index (χ1) is 10.2. The molecule has 0 amide bonds. The van der Waals surface area contributed by atoms with Gasteiger partial charge < -0.3 is 14.8 Å². The largest absolute Gasteiger partial charge is 0.490 e. The number of rotatable bonds is 4. The van der Waals surface area contributed by atoms with E-state index in [1.165, 1.54) is 24.8 Å². The molecule has 1 aromatic carbocycles. The van der Waals surface area contributed by atoms with E-state index >= 15 is 0 Å². The number of benzene rings is 1. The van der Waals surface area contributed by atoms with E-state index in [1.54, 1.807) is 0 Å². The molecule has 1 aliphatic carbocycles. The molecule has 3 rings (SSSR count). The number of hydrogen-bond donors (Lipinski definition) is 1. The minimum absolute atomic E-state index is 0.359. The maximum absolute atomic E-state index is 5.78. The standard InChI is InChI=1S/C18H27NO2/c1-13-4-5-15(10-13)12-19-14(2)16-6-7-17-18(11-16)21-9-3-8-20-17/h6-7,11,13-15,19H,3-5,8-10,12H2,1-2H3. The van der Waals surface area contributed by atoms with Crippen molar-refractivity contribution in [3.63, 3.8) is 0 Å². The number of ether oxygens (including phenoxy) is 2. The molecule has 3 atom stereocenters. The molecule has 116 valence electrons. The summed E-state index contributed by atoms with van der Waals surface area (Å²) in [5, 5.41) is 3.69. The quantitative estimate of drug-likeness (QED) is 0.911. The van der Waals surface area contributed by atoms with Gasteiger partial charge in [0.05, 0.1) is 13.2 Å². The second-order valence-electron chi connectivity index (χ2n) is 6.67. The number of hydrogen-bond acceptors (Lipinski definition) is 3. The van der Waals surface area contributed by atoms with Gasteiger partial charge in [-0.1, -0.05) is 19.4 Å². The highest BCUT2D eigenvalue weighted by atomic mass is 16.5. The summed E-state index contributed by atoms with van der Waals surface area (Å²) in [6, 6.07) is 6.70. The number of nitrogens with one attached hydrogen (secondary N) is 1. The Labute approximate surface area is 128 Å². The summed E-state index contributed by atoms with van der Waals surface area (Å²) in [5.41, 5.74) is 1.28. The predicted molar refractivity (Wildman–Crippen MR) is 85.0 cm³/mol. The fourth-order valence-corrected chi connectivity index (χ4v) is 3.42. The van der Waals surface area contributed by atoms with Crippen LogP contribution in [0.25, 0.3) is 0 Å². The van der Waals surface area contributed by atoms with Crippen LogP contribution in [0.15, 0.2) is 18.2 Å². The van der Waals surface area contributed by atoms with Gasteiger partial charge in [-0.05, 0) is 55.8 Å². The van der Waals surface area contributed by atoms with E-state index in [1.807, 2.05) is 6.07 Å². The zero-order valence-electron chi connectivity index (χ0n) is 13.2. The molecule has 0 saturated heterocycles. The Morgan fingerprint density at radius 2 is 2.00 bits per heavy atom. The molecule has 1 fully saturated rings. The van der Waals surface area contributed by atoms with Crippen molar-refractivity contribution in [3.8, 4) is 11.5 Å². The molecule has 0 spiro atoms. The Morgan fingerprint density at radius 1 is 1.19 bits per heavy atom. The molecule has 1 aromatic rings. The van der Waals surface area contributed by atoms with Crippen molar-refractivity contribution < 1.29 is 9.47 Å². The Bertz CT molecular complexity index is 474. The smallest absolute Gasteiger partial charge is 0.161 e. The predicted octanol–water partition coefficient (Wildman–Crippen LogP) is 3.93. The molecule has 3 heteroatoms. The van der Waals surface area contributed by atoms with Crippen molar-refractivity contribution in [1.82, 2.24) is 5.32 Å². The minimum atomic E-state index is 0.359. The maximum Gasteiger partial charge on any atom is 0.161 e. The van der Waals surface area contributed by atoms with E-state index < -0.39 is 0 Å². The Hall–Kier alpha value is -1.22. The van der Waals surface area contributed by atoms with Gasteiger partial charge in [0.2, 0.25) is 0 Å². The SMILES string of the molecule is CC1CCC(CNC(C)c2ccc3c(c2)OCCCO3)C1. The Kier molecular flexibility index (Phi) is 4.69. The molecule has 1 heterocycles. The Balaban J connectivity index is 1.59. The van der Waals surface area contributed by atoms with E-state index in [0.717, 1.165) is 49.5 Å². The van der Waals surface area contributed by atoms with Gasteiger partial charge in [0.1, 0.15) is 0 Å². The molecular weight excluding hydrogens is 262 g/mol. The fourth-order valence-electron chi connectivity index (χ4n) is 3.42. The molecule has 2 aliphatic rings. The van der Waals surface area contributed by atoms with Crippen LogP contribution in [0.3, 0.4) is 0 Å². The molecule has 1 aliphatic heterocycles. The Morgan fingerprint density at radius 3 is 2.76 bits per heavy atom. The first kappa shape index (κ1) is 14.7. The molecule has 3 nitrogen and oxygen atoms in total. The van der Waals surface area contributed by atoms with E-state index in [9.17, 15) is 0 Å². The van der Waals surface area contributed by atoms with Crippen LogP contribution in [0, 0.1) is 11.8 Å². The summed E-state index contributed by atoms with van der Waals surface area (Å²) in [6.45, 7) is 7.23. The van der Waals surface area contributed by atoms with Gasteiger partial charge in [-0.2, -0.15) is 0 Å². The second-order valence-corrected chi connectivity index (χ2v) is 6.67. The molecule has 1 N–H and O–H groups in total. The summed E-state index contributed by atoms with van der Waals surface area (Å²) >= 11 is 0. The van der Waals surface area contributed by atoms with Crippen molar-refractivity contribution in [1.29, 1.82) is 0 Å². The lowest BCUT2D eigenvalue weighted by atomic mass is 10.0. The zero-order valence-corrected chi connectivity index (χ0v) is 13.2. The second kappa shape index (κ2) is 6.69. The van der Waals surface area contributed by atoms with Crippen LogP contribution in [-0.4, -0.2) is 19.8 Å². The summed E-state index contributed by atoms with van der Waals surface area (Å²) in [5.74, 6) is 3.54. The summed E-state index contributed by atoms with van der Waals surface area (Å²) in [6.07, 6.45) is 5.10. The van der Waals surface area contributed by atoms with Gasteiger partial charge in [0.15, 0.2) is 11.5 Å². The van der Waals surface area contributed by atoms with Gasteiger partial charge in [-0.15, -0.1) is 0 Å². The van der Waals surface area contributed by atoms with Crippen LogP contribution >= 0.6 is 0 Å². The van der Waals surface area contributed by atoms with Crippen LogP contribution in [-0.2, 0) is 0 Å². The molecule has 1 saturated carbocycles. The molecular formula is C18H27NO2. The molecule has 0 radical (unpaired) electrons.